The van der Waals surface area contributed by atoms with Crippen LogP contribution in [-0.2, 0) is 9.59 Å². The van der Waals surface area contributed by atoms with E-state index in [-0.39, 0.29) is 17.4 Å². The molecule has 248 valence electrons. The largest absolute Gasteiger partial charge is 0.321 e. The molecule has 6 aromatic rings. The van der Waals surface area contributed by atoms with E-state index in [1.807, 2.05) is 78.2 Å². The van der Waals surface area contributed by atoms with Gasteiger partial charge in [-0.05, 0) is 90.0 Å². The third-order valence-corrected chi connectivity index (χ3v) is 9.84. The van der Waals surface area contributed by atoms with E-state index in [0.717, 1.165) is 26.1 Å². The lowest BCUT2D eigenvalue weighted by Gasteiger charge is -2.17. The molecule has 5 aromatic carbocycles. The van der Waals surface area contributed by atoms with E-state index >= 15 is 0 Å². The Morgan fingerprint density at radius 1 is 0.780 bits per heavy atom. The molecule has 0 saturated carbocycles. The normalized spacial score (nSPS) is 11.8. The lowest BCUT2D eigenvalue weighted by Crippen LogP contribution is -2.30. The van der Waals surface area contributed by atoms with Gasteiger partial charge in [0.1, 0.15) is 16.8 Å². The zero-order valence-corrected chi connectivity index (χ0v) is 29.4. The van der Waals surface area contributed by atoms with Gasteiger partial charge in [-0.25, -0.2) is 9.37 Å². The summed E-state index contributed by atoms with van der Waals surface area (Å²) in [5, 5.41) is 10.2. The van der Waals surface area contributed by atoms with Crippen molar-refractivity contribution in [1.82, 2.24) is 10.3 Å². The Labute approximate surface area is 304 Å². The minimum Gasteiger partial charge on any atom is -0.321 e. The van der Waals surface area contributed by atoms with Gasteiger partial charge in [-0.1, -0.05) is 76.6 Å². The van der Waals surface area contributed by atoms with Gasteiger partial charge in [0.2, 0.25) is 5.91 Å². The van der Waals surface area contributed by atoms with E-state index in [1.54, 1.807) is 54.6 Å². The van der Waals surface area contributed by atoms with Gasteiger partial charge in [-0.3, -0.25) is 14.4 Å². The summed E-state index contributed by atoms with van der Waals surface area (Å²) in [7, 11) is 0. The van der Waals surface area contributed by atoms with Gasteiger partial charge in [0.25, 0.3) is 11.8 Å². The van der Waals surface area contributed by atoms with Crippen LogP contribution in [0, 0.1) is 5.82 Å². The molecule has 0 fully saturated rings. The molecule has 3 amide bonds. The number of thiazole rings is 1. The molecule has 0 spiro atoms. The maximum atomic E-state index is 13.6. The Morgan fingerprint density at radius 2 is 1.44 bits per heavy atom. The van der Waals surface area contributed by atoms with Crippen LogP contribution in [0.5, 0.6) is 0 Å². The SMILES string of the molecule is O=C(Nc1ccc(SC(C(=O)Nc2nc(-c3ccc(F)cc3)cs2)c2ccccc2)cc1)/C(=C/c1ccc(Br)cc1)NC(=O)c1ccccc1. The number of hydrogen-bond donors (Lipinski definition) is 3. The first-order valence-corrected chi connectivity index (χ1v) is 17.8. The maximum absolute atomic E-state index is 13.6. The fraction of sp³-hybridized carbons (Fsp3) is 0.0256. The summed E-state index contributed by atoms with van der Waals surface area (Å²) in [6.07, 6.45) is 1.61. The highest BCUT2D eigenvalue weighted by molar-refractivity contribution is 9.10. The summed E-state index contributed by atoms with van der Waals surface area (Å²) in [6, 6.07) is 38.6. The number of halogens is 2. The fourth-order valence-corrected chi connectivity index (χ4v) is 6.79. The summed E-state index contributed by atoms with van der Waals surface area (Å²) in [6.45, 7) is 0. The number of amides is 3. The molecule has 1 aromatic heterocycles. The van der Waals surface area contributed by atoms with Crippen molar-refractivity contribution in [3.63, 3.8) is 0 Å². The van der Waals surface area contributed by atoms with Crippen LogP contribution < -0.4 is 16.0 Å². The van der Waals surface area contributed by atoms with Gasteiger partial charge < -0.3 is 16.0 Å². The van der Waals surface area contributed by atoms with Crippen LogP contribution in [0.15, 0.2) is 154 Å². The number of hydrogen-bond acceptors (Lipinski definition) is 6. The maximum Gasteiger partial charge on any atom is 0.272 e. The third-order valence-electron chi connectivity index (χ3n) is 7.29. The van der Waals surface area contributed by atoms with Gasteiger partial charge >= 0.3 is 0 Å². The zero-order valence-electron chi connectivity index (χ0n) is 26.2. The predicted octanol–water partition coefficient (Wildman–Crippen LogP) is 9.59. The minimum atomic E-state index is -0.608. The van der Waals surface area contributed by atoms with Gasteiger partial charge in [0.15, 0.2) is 5.13 Å². The van der Waals surface area contributed by atoms with E-state index in [1.165, 1.54) is 35.2 Å². The van der Waals surface area contributed by atoms with E-state index in [4.69, 9.17) is 0 Å². The van der Waals surface area contributed by atoms with Crippen molar-refractivity contribution in [2.75, 3.05) is 10.6 Å². The summed E-state index contributed by atoms with van der Waals surface area (Å²) in [5.74, 6) is -1.50. The summed E-state index contributed by atoms with van der Waals surface area (Å²) >= 11 is 6.06. The number of rotatable bonds is 11. The fourth-order valence-electron chi connectivity index (χ4n) is 4.78. The first-order chi connectivity index (χ1) is 24.3. The number of carbonyl (C=O) groups is 3. The van der Waals surface area contributed by atoms with Gasteiger partial charge in [0.05, 0.1) is 5.69 Å². The van der Waals surface area contributed by atoms with Crippen molar-refractivity contribution in [2.45, 2.75) is 10.1 Å². The monoisotopic (exact) mass is 762 g/mol. The minimum absolute atomic E-state index is 0.0743. The number of thioether (sulfide) groups is 1. The molecule has 1 heterocycles. The summed E-state index contributed by atoms with van der Waals surface area (Å²) < 4.78 is 14.3. The molecule has 0 aliphatic carbocycles. The summed E-state index contributed by atoms with van der Waals surface area (Å²) in [4.78, 5) is 45.4. The highest BCUT2D eigenvalue weighted by atomic mass is 79.9. The quantitative estimate of drug-likeness (QED) is 0.0902. The van der Waals surface area contributed by atoms with Crippen molar-refractivity contribution in [3.8, 4) is 11.3 Å². The standard InChI is InChI=1S/C39H28BrFN4O3S2/c40-29-15-11-25(12-16-29)23-33(43-36(46)28-9-5-2-6-10-28)37(47)42-31-19-21-32(22-20-31)50-35(27-7-3-1-4-8-27)38(48)45-39-44-34(24-49-39)26-13-17-30(41)18-14-26/h1-24,35H,(H,42,47)(H,43,46)(H,44,45,48)/b33-23-. The first-order valence-electron chi connectivity index (χ1n) is 15.3. The van der Waals surface area contributed by atoms with Crippen LogP contribution in [0.4, 0.5) is 15.2 Å². The molecule has 0 radical (unpaired) electrons. The number of aromatic nitrogens is 1. The Hall–Kier alpha value is -5.36. The molecule has 7 nitrogen and oxygen atoms in total. The van der Waals surface area contributed by atoms with Crippen LogP contribution in [0.2, 0.25) is 0 Å². The second-order valence-corrected chi connectivity index (χ2v) is 13.8. The Bertz CT molecular complexity index is 2130. The Kier molecular flexibility index (Phi) is 11.3. The molecule has 6 rings (SSSR count). The molecular weight excluding hydrogens is 735 g/mol. The van der Waals surface area contributed by atoms with E-state index in [0.29, 0.717) is 22.1 Å². The number of anilines is 2. The van der Waals surface area contributed by atoms with Gasteiger partial charge in [0, 0.05) is 31.6 Å². The van der Waals surface area contributed by atoms with Crippen LogP contribution >= 0.6 is 39.0 Å². The average Bonchev–Trinajstić information content (AvgIpc) is 3.61. The highest BCUT2D eigenvalue weighted by Gasteiger charge is 2.23. The second kappa shape index (κ2) is 16.4. The van der Waals surface area contributed by atoms with Crippen LogP contribution in [0.1, 0.15) is 26.7 Å². The molecule has 0 saturated heterocycles. The lowest BCUT2D eigenvalue weighted by molar-refractivity contribution is -0.116. The van der Waals surface area contributed by atoms with Gasteiger partial charge in [-0.2, -0.15) is 0 Å². The molecule has 0 aliphatic heterocycles. The predicted molar refractivity (Wildman–Crippen MR) is 202 cm³/mol. The van der Waals surface area contributed by atoms with Crippen molar-refractivity contribution >= 4 is 73.6 Å². The highest BCUT2D eigenvalue weighted by Crippen LogP contribution is 2.37. The Balaban J connectivity index is 1.16. The van der Waals surface area contributed by atoms with Crippen LogP contribution in [0.3, 0.4) is 0 Å². The molecule has 11 heteroatoms. The third kappa shape index (κ3) is 9.20. The first kappa shape index (κ1) is 34.5. The number of benzene rings is 5. The average molecular weight is 764 g/mol. The van der Waals surface area contributed by atoms with E-state index in [2.05, 4.69) is 36.9 Å². The number of carbonyl (C=O) groups excluding carboxylic acids is 3. The zero-order chi connectivity index (χ0) is 34.9. The van der Waals surface area contributed by atoms with Crippen molar-refractivity contribution in [3.05, 3.63) is 172 Å². The van der Waals surface area contributed by atoms with Crippen molar-refractivity contribution < 1.29 is 18.8 Å². The molecule has 1 atom stereocenters. The summed E-state index contributed by atoms with van der Waals surface area (Å²) in [5.41, 5.74) is 3.92. The molecule has 0 bridgehead atoms. The topological polar surface area (TPSA) is 100 Å². The van der Waals surface area contributed by atoms with Crippen LogP contribution in [0.25, 0.3) is 17.3 Å². The van der Waals surface area contributed by atoms with Crippen LogP contribution in [-0.4, -0.2) is 22.7 Å². The Morgan fingerprint density at radius 3 is 2.12 bits per heavy atom. The smallest absolute Gasteiger partial charge is 0.272 e. The lowest BCUT2D eigenvalue weighted by atomic mass is 10.1. The van der Waals surface area contributed by atoms with Crippen molar-refractivity contribution in [1.29, 1.82) is 0 Å². The second-order valence-electron chi connectivity index (χ2n) is 10.9. The number of nitrogens with one attached hydrogen (secondary N) is 3. The van der Waals surface area contributed by atoms with E-state index in [9.17, 15) is 18.8 Å². The van der Waals surface area contributed by atoms with Gasteiger partial charge in [-0.15, -0.1) is 23.1 Å². The molecule has 3 N–H and O–H groups in total. The number of nitrogens with zero attached hydrogens (tertiary/aromatic N) is 1. The van der Waals surface area contributed by atoms with Crippen molar-refractivity contribution in [2.24, 2.45) is 0 Å². The molecule has 1 unspecified atom stereocenters. The molecule has 50 heavy (non-hydrogen) atoms. The molecular formula is C39H28BrFN4O3S2. The van der Waals surface area contributed by atoms with E-state index < -0.39 is 17.1 Å². The molecule has 0 aliphatic rings.